The summed E-state index contributed by atoms with van der Waals surface area (Å²) in [5.74, 6) is 0. The van der Waals surface area contributed by atoms with Crippen LogP contribution in [-0.2, 0) is 5.41 Å². The molecule has 52 heavy (non-hydrogen) atoms. The maximum atomic E-state index is 5.72. The Morgan fingerprint density at radius 1 is 0.385 bits per heavy atom. The van der Waals surface area contributed by atoms with Crippen molar-refractivity contribution in [1.29, 1.82) is 0 Å². The summed E-state index contributed by atoms with van der Waals surface area (Å²) in [4.78, 5) is 11.4. The van der Waals surface area contributed by atoms with Crippen LogP contribution in [0.2, 0.25) is 0 Å². The van der Waals surface area contributed by atoms with Gasteiger partial charge in [0.05, 0.1) is 11.4 Å². The molecule has 7 rings (SSSR count). The van der Waals surface area contributed by atoms with Gasteiger partial charge in [0.25, 0.3) is 13.4 Å². The number of nitrogens with zero attached hydrogens (tertiary/aromatic N) is 2. The molecule has 0 amide bonds. The highest BCUT2D eigenvalue weighted by molar-refractivity contribution is 6.96. The Bertz CT molecular complexity index is 2270. The normalized spacial score (nSPS) is 12.9. The largest absolute Gasteiger partial charge is 0.266 e. The summed E-state index contributed by atoms with van der Waals surface area (Å²) in [7, 11) is 0. The summed E-state index contributed by atoms with van der Waals surface area (Å²) < 4.78 is 0. The lowest BCUT2D eigenvalue weighted by Crippen LogP contribution is -2.57. The van der Waals surface area contributed by atoms with E-state index >= 15 is 0 Å². The van der Waals surface area contributed by atoms with Gasteiger partial charge in [0.15, 0.2) is 0 Å². The van der Waals surface area contributed by atoms with Crippen LogP contribution < -0.4 is 33.0 Å². The fourth-order valence-corrected chi connectivity index (χ4v) is 9.89. The van der Waals surface area contributed by atoms with Gasteiger partial charge in [0.2, 0.25) is 0 Å². The molecule has 0 atom stereocenters. The van der Waals surface area contributed by atoms with Crippen LogP contribution in [0.25, 0.3) is 11.4 Å². The number of hydrogen-bond acceptors (Lipinski definition) is 2. The minimum atomic E-state index is -0.216. The number of benzene rings is 4. The fraction of sp³-hybridized carbons (Fsp3) is 0.292. The van der Waals surface area contributed by atoms with Gasteiger partial charge in [-0.1, -0.05) is 164 Å². The molecule has 0 bridgehead atoms. The standard InChI is InChI=1S/C48H52B2N2/c1-27-21-32(6)43(33(7)22-27)49(42-30(4)15-14-16-31(42)5)40-19-17-38-46(51-40)47-39(48(38,12)13)18-20-41(52-47)50(44-34(8)23-28(2)24-35(44)9)45-36(10)25-29(3)26-37(45)11/h14-26H,1-13H3. The maximum Gasteiger partial charge on any atom is 0.266 e. The number of pyridine rings is 2. The smallest absolute Gasteiger partial charge is 0.260 e. The Morgan fingerprint density at radius 2 is 0.673 bits per heavy atom. The molecule has 260 valence electrons. The molecule has 1 aliphatic carbocycles. The van der Waals surface area contributed by atoms with E-state index in [9.17, 15) is 0 Å². The van der Waals surface area contributed by atoms with Crippen molar-refractivity contribution in [1.82, 2.24) is 9.97 Å². The van der Waals surface area contributed by atoms with Gasteiger partial charge in [-0.15, -0.1) is 0 Å². The highest BCUT2D eigenvalue weighted by Crippen LogP contribution is 2.45. The molecular formula is C48H52B2N2. The van der Waals surface area contributed by atoms with Gasteiger partial charge in [-0.2, -0.15) is 0 Å². The lowest BCUT2D eigenvalue weighted by atomic mass is 9.35. The molecule has 2 aromatic heterocycles. The van der Waals surface area contributed by atoms with Crippen LogP contribution in [0.15, 0.2) is 78.9 Å². The van der Waals surface area contributed by atoms with Crippen LogP contribution in [0.5, 0.6) is 0 Å². The zero-order valence-corrected chi connectivity index (χ0v) is 33.6. The predicted molar refractivity (Wildman–Crippen MR) is 227 cm³/mol. The van der Waals surface area contributed by atoms with Crippen LogP contribution in [0.1, 0.15) is 86.2 Å². The van der Waals surface area contributed by atoms with E-state index in [0.717, 1.165) is 22.6 Å². The third-order valence-corrected chi connectivity index (χ3v) is 11.9. The Balaban J connectivity index is 1.49. The van der Waals surface area contributed by atoms with Crippen molar-refractivity contribution in [3.63, 3.8) is 0 Å². The van der Waals surface area contributed by atoms with Gasteiger partial charge in [-0.05, 0) is 99.4 Å². The second-order valence-corrected chi connectivity index (χ2v) is 16.5. The third kappa shape index (κ3) is 5.85. The van der Waals surface area contributed by atoms with E-state index in [2.05, 4.69) is 169 Å². The molecule has 4 heteroatoms. The third-order valence-electron chi connectivity index (χ3n) is 11.9. The summed E-state index contributed by atoms with van der Waals surface area (Å²) in [5, 5.41) is 0. The van der Waals surface area contributed by atoms with Crippen LogP contribution in [0, 0.1) is 76.2 Å². The zero-order valence-electron chi connectivity index (χ0n) is 33.6. The lowest BCUT2D eigenvalue weighted by Gasteiger charge is -2.25. The Labute approximate surface area is 313 Å². The molecule has 0 radical (unpaired) electrons. The molecule has 1 aliphatic rings. The first-order chi connectivity index (χ1) is 24.6. The van der Waals surface area contributed by atoms with Crippen LogP contribution in [-0.4, -0.2) is 23.4 Å². The maximum absolute atomic E-state index is 5.72. The molecular weight excluding hydrogens is 626 g/mol. The summed E-state index contributed by atoms with van der Waals surface area (Å²) in [6.07, 6.45) is 0. The molecule has 2 heterocycles. The molecule has 4 aromatic carbocycles. The van der Waals surface area contributed by atoms with Gasteiger partial charge in [0.1, 0.15) is 0 Å². The minimum absolute atomic E-state index is 0.00192. The quantitative estimate of drug-likeness (QED) is 0.174. The van der Waals surface area contributed by atoms with Gasteiger partial charge in [-0.25, -0.2) is 0 Å². The first-order valence-corrected chi connectivity index (χ1v) is 18.9. The molecule has 6 aromatic rings. The van der Waals surface area contributed by atoms with E-state index in [1.54, 1.807) is 0 Å². The van der Waals surface area contributed by atoms with Gasteiger partial charge in [0, 0.05) is 16.6 Å². The van der Waals surface area contributed by atoms with Crippen molar-refractivity contribution in [2.45, 2.75) is 95.4 Å². The highest BCUT2D eigenvalue weighted by atomic mass is 14.8. The van der Waals surface area contributed by atoms with Crippen molar-refractivity contribution >= 4 is 46.5 Å². The van der Waals surface area contributed by atoms with Crippen molar-refractivity contribution in [3.8, 4) is 11.4 Å². The molecule has 0 aliphatic heterocycles. The second kappa shape index (κ2) is 13.1. The number of hydrogen-bond donors (Lipinski definition) is 0. The lowest BCUT2D eigenvalue weighted by molar-refractivity contribution is 0.658. The monoisotopic (exact) mass is 678 g/mol. The molecule has 0 fully saturated rings. The van der Waals surface area contributed by atoms with E-state index < -0.39 is 0 Å². The first kappa shape index (κ1) is 35.7. The fourth-order valence-electron chi connectivity index (χ4n) is 9.89. The minimum Gasteiger partial charge on any atom is -0.260 e. The molecule has 0 N–H and O–H groups in total. The average Bonchev–Trinajstić information content (AvgIpc) is 3.27. The Hall–Kier alpha value is -4.69. The van der Waals surface area contributed by atoms with Crippen molar-refractivity contribution in [2.75, 3.05) is 0 Å². The number of aryl methyl sites for hydroxylation is 11. The SMILES string of the molecule is Cc1cc(C)c(B(c2ccc3c(n2)-c2nc(B(c4c(C)cc(C)cc4C)c4c(C)cc(C)cc4C)ccc2C3(C)C)c2c(C)cccc2C)c(C)c1. The summed E-state index contributed by atoms with van der Waals surface area (Å²) in [5.41, 5.74) is 26.2. The van der Waals surface area contributed by atoms with Gasteiger partial charge in [-0.3, -0.25) is 9.97 Å². The summed E-state index contributed by atoms with van der Waals surface area (Å²) in [6, 6.07) is 29.9. The molecule has 0 spiro atoms. The second-order valence-electron chi connectivity index (χ2n) is 16.5. The van der Waals surface area contributed by atoms with E-state index in [-0.39, 0.29) is 18.8 Å². The number of rotatable bonds is 6. The van der Waals surface area contributed by atoms with E-state index in [0.29, 0.717) is 0 Å². The van der Waals surface area contributed by atoms with E-state index in [4.69, 9.17) is 9.97 Å². The van der Waals surface area contributed by atoms with E-state index in [1.807, 2.05) is 0 Å². The van der Waals surface area contributed by atoms with E-state index in [1.165, 1.54) is 94.2 Å². The van der Waals surface area contributed by atoms with Crippen molar-refractivity contribution in [3.05, 3.63) is 151 Å². The summed E-state index contributed by atoms with van der Waals surface area (Å²) >= 11 is 0. The highest BCUT2D eigenvalue weighted by Gasteiger charge is 2.41. The molecule has 0 saturated heterocycles. The van der Waals surface area contributed by atoms with Crippen LogP contribution in [0.3, 0.4) is 0 Å². The number of aromatic nitrogens is 2. The van der Waals surface area contributed by atoms with Crippen molar-refractivity contribution < 1.29 is 0 Å². The number of fused-ring (bicyclic) bond motifs is 3. The van der Waals surface area contributed by atoms with Gasteiger partial charge >= 0.3 is 0 Å². The Kier molecular flexibility index (Phi) is 8.97. The summed E-state index contributed by atoms with van der Waals surface area (Å²) in [6.45, 7) is 29.4. The van der Waals surface area contributed by atoms with Crippen molar-refractivity contribution in [2.24, 2.45) is 0 Å². The predicted octanol–water partition coefficient (Wildman–Crippen LogP) is 7.21. The zero-order chi connectivity index (χ0) is 37.4. The Morgan fingerprint density at radius 3 is 0.981 bits per heavy atom. The molecule has 0 unspecified atom stereocenters. The first-order valence-electron chi connectivity index (χ1n) is 18.9. The topological polar surface area (TPSA) is 25.8 Å². The van der Waals surface area contributed by atoms with Crippen LogP contribution in [0.4, 0.5) is 0 Å². The average molecular weight is 679 g/mol. The molecule has 2 nitrogen and oxygen atoms in total. The van der Waals surface area contributed by atoms with Gasteiger partial charge < -0.3 is 0 Å². The van der Waals surface area contributed by atoms with Crippen LogP contribution >= 0.6 is 0 Å². The molecule has 0 saturated carbocycles.